The lowest BCUT2D eigenvalue weighted by atomic mass is 10.0. The van der Waals surface area contributed by atoms with Crippen molar-refractivity contribution >= 4 is 11.9 Å². The van der Waals surface area contributed by atoms with Crippen LogP contribution >= 0.6 is 0 Å². The Labute approximate surface area is 71.3 Å². The lowest BCUT2D eigenvalue weighted by Gasteiger charge is -2.21. The number of piperidine rings is 1. The number of rotatable bonds is 2. The summed E-state index contributed by atoms with van der Waals surface area (Å²) in [5.41, 5.74) is 0. The molecule has 68 valence electrons. The highest BCUT2D eigenvalue weighted by molar-refractivity contribution is 5.78. The molecule has 1 rings (SSSR count). The van der Waals surface area contributed by atoms with Gasteiger partial charge in [-0.3, -0.25) is 9.59 Å². The van der Waals surface area contributed by atoms with Gasteiger partial charge in [-0.2, -0.15) is 0 Å². The summed E-state index contributed by atoms with van der Waals surface area (Å²) >= 11 is 0. The molecule has 1 saturated heterocycles. The maximum atomic E-state index is 10.9. The minimum Gasteiger partial charge on any atom is -0.469 e. The van der Waals surface area contributed by atoms with E-state index in [1.807, 2.05) is 0 Å². The zero-order valence-electron chi connectivity index (χ0n) is 7.13. The van der Waals surface area contributed by atoms with E-state index in [2.05, 4.69) is 10.1 Å². The summed E-state index contributed by atoms with van der Waals surface area (Å²) in [6.45, 7) is 0. The normalized spacial score (nSPS) is 23.1. The van der Waals surface area contributed by atoms with Gasteiger partial charge in [-0.25, -0.2) is 0 Å². The first-order chi connectivity index (χ1) is 5.72. The number of carbonyl (C=O) groups is 2. The summed E-state index contributed by atoms with van der Waals surface area (Å²) in [6, 6.07) is -0.0151. The Bertz CT molecular complexity index is 191. The van der Waals surface area contributed by atoms with E-state index in [9.17, 15) is 9.59 Å². The SMILES string of the molecule is COC(=O)CC1CCCC(=O)N1. The Morgan fingerprint density at radius 1 is 1.75 bits per heavy atom. The molecule has 0 radical (unpaired) electrons. The molecule has 1 heterocycles. The van der Waals surface area contributed by atoms with Gasteiger partial charge in [-0.05, 0) is 12.8 Å². The average Bonchev–Trinajstić information content (AvgIpc) is 2.04. The van der Waals surface area contributed by atoms with Gasteiger partial charge < -0.3 is 10.1 Å². The van der Waals surface area contributed by atoms with Crippen LogP contribution in [0.2, 0.25) is 0 Å². The first kappa shape index (κ1) is 9.03. The fraction of sp³-hybridized carbons (Fsp3) is 0.750. The second kappa shape index (κ2) is 4.09. The van der Waals surface area contributed by atoms with E-state index in [0.29, 0.717) is 12.8 Å². The van der Waals surface area contributed by atoms with Crippen LogP contribution in [-0.4, -0.2) is 25.0 Å². The van der Waals surface area contributed by atoms with Gasteiger partial charge in [0.05, 0.1) is 13.5 Å². The molecule has 0 spiro atoms. The Morgan fingerprint density at radius 3 is 3.08 bits per heavy atom. The quantitative estimate of drug-likeness (QED) is 0.604. The molecule has 1 fully saturated rings. The van der Waals surface area contributed by atoms with Gasteiger partial charge in [-0.1, -0.05) is 0 Å². The van der Waals surface area contributed by atoms with Crippen molar-refractivity contribution in [1.82, 2.24) is 5.32 Å². The number of methoxy groups -OCH3 is 1. The summed E-state index contributed by atoms with van der Waals surface area (Å²) in [5, 5.41) is 2.74. The smallest absolute Gasteiger partial charge is 0.307 e. The van der Waals surface area contributed by atoms with Crippen molar-refractivity contribution < 1.29 is 14.3 Å². The van der Waals surface area contributed by atoms with Crippen LogP contribution in [0, 0.1) is 0 Å². The fourth-order valence-corrected chi connectivity index (χ4v) is 1.32. The number of ether oxygens (including phenoxy) is 1. The van der Waals surface area contributed by atoms with Crippen LogP contribution in [0.3, 0.4) is 0 Å². The van der Waals surface area contributed by atoms with E-state index in [1.165, 1.54) is 7.11 Å². The molecule has 1 amide bonds. The van der Waals surface area contributed by atoms with Gasteiger partial charge >= 0.3 is 5.97 Å². The summed E-state index contributed by atoms with van der Waals surface area (Å²) in [5.74, 6) is -0.225. The zero-order chi connectivity index (χ0) is 8.97. The van der Waals surface area contributed by atoms with E-state index in [0.717, 1.165) is 12.8 Å². The van der Waals surface area contributed by atoms with Crippen LogP contribution in [0.15, 0.2) is 0 Å². The minimum atomic E-state index is -0.262. The van der Waals surface area contributed by atoms with Gasteiger partial charge in [-0.15, -0.1) is 0 Å². The third-order valence-corrected chi connectivity index (χ3v) is 1.96. The molecular formula is C8H13NO3. The molecular weight excluding hydrogens is 158 g/mol. The van der Waals surface area contributed by atoms with Crippen LogP contribution in [0.5, 0.6) is 0 Å². The zero-order valence-corrected chi connectivity index (χ0v) is 7.13. The van der Waals surface area contributed by atoms with Gasteiger partial charge in [0.15, 0.2) is 0 Å². The number of hydrogen-bond acceptors (Lipinski definition) is 3. The number of carbonyl (C=O) groups excluding carboxylic acids is 2. The summed E-state index contributed by atoms with van der Waals surface area (Å²) in [6.07, 6.45) is 2.62. The second-order valence-corrected chi connectivity index (χ2v) is 2.94. The third kappa shape index (κ3) is 2.53. The lowest BCUT2D eigenvalue weighted by Crippen LogP contribution is -2.40. The minimum absolute atomic E-state index is 0.0151. The molecule has 0 aromatic heterocycles. The lowest BCUT2D eigenvalue weighted by molar-refractivity contribution is -0.141. The first-order valence-electron chi connectivity index (χ1n) is 4.08. The highest BCUT2D eigenvalue weighted by Gasteiger charge is 2.20. The average molecular weight is 171 g/mol. The first-order valence-corrected chi connectivity index (χ1v) is 4.08. The number of amides is 1. The molecule has 1 atom stereocenters. The predicted molar refractivity (Wildman–Crippen MR) is 42.4 cm³/mol. The van der Waals surface area contributed by atoms with Gasteiger partial charge in [0.1, 0.15) is 0 Å². The van der Waals surface area contributed by atoms with E-state index in [-0.39, 0.29) is 17.9 Å². The predicted octanol–water partition coefficient (Wildman–Crippen LogP) is 0.218. The van der Waals surface area contributed by atoms with E-state index < -0.39 is 0 Å². The molecule has 1 aliphatic heterocycles. The number of esters is 1. The van der Waals surface area contributed by atoms with Crippen LogP contribution < -0.4 is 5.32 Å². The van der Waals surface area contributed by atoms with Crippen molar-refractivity contribution in [2.24, 2.45) is 0 Å². The Hall–Kier alpha value is -1.06. The third-order valence-electron chi connectivity index (χ3n) is 1.96. The monoisotopic (exact) mass is 171 g/mol. The summed E-state index contributed by atoms with van der Waals surface area (Å²) < 4.78 is 4.50. The second-order valence-electron chi connectivity index (χ2n) is 2.94. The molecule has 0 aromatic carbocycles. The van der Waals surface area contributed by atoms with E-state index >= 15 is 0 Å². The van der Waals surface area contributed by atoms with Gasteiger partial charge in [0, 0.05) is 12.5 Å². The van der Waals surface area contributed by atoms with E-state index in [1.54, 1.807) is 0 Å². The highest BCUT2D eigenvalue weighted by atomic mass is 16.5. The van der Waals surface area contributed by atoms with Crippen molar-refractivity contribution in [1.29, 1.82) is 0 Å². The molecule has 1 aliphatic rings. The molecule has 4 nitrogen and oxygen atoms in total. The van der Waals surface area contributed by atoms with Gasteiger partial charge in [0.2, 0.25) is 5.91 Å². The standard InChI is InChI=1S/C8H13NO3/c1-12-8(11)5-6-3-2-4-7(10)9-6/h6H,2-5H2,1H3,(H,9,10). The maximum Gasteiger partial charge on any atom is 0.307 e. The molecule has 12 heavy (non-hydrogen) atoms. The van der Waals surface area contributed by atoms with Crippen LogP contribution in [0.1, 0.15) is 25.7 Å². The van der Waals surface area contributed by atoms with Crippen LogP contribution in [0.4, 0.5) is 0 Å². The fourth-order valence-electron chi connectivity index (χ4n) is 1.32. The topological polar surface area (TPSA) is 55.4 Å². The van der Waals surface area contributed by atoms with Crippen molar-refractivity contribution in [2.45, 2.75) is 31.7 Å². The van der Waals surface area contributed by atoms with Crippen molar-refractivity contribution in [3.05, 3.63) is 0 Å². The molecule has 4 heteroatoms. The Balaban J connectivity index is 2.32. The molecule has 0 bridgehead atoms. The van der Waals surface area contributed by atoms with Crippen molar-refractivity contribution in [3.8, 4) is 0 Å². The van der Waals surface area contributed by atoms with Gasteiger partial charge in [0.25, 0.3) is 0 Å². The molecule has 1 unspecified atom stereocenters. The summed E-state index contributed by atoms with van der Waals surface area (Å²) in [7, 11) is 1.35. The number of hydrogen-bond donors (Lipinski definition) is 1. The molecule has 0 aliphatic carbocycles. The Kier molecular flexibility index (Phi) is 3.08. The van der Waals surface area contributed by atoms with Crippen LogP contribution in [-0.2, 0) is 14.3 Å². The van der Waals surface area contributed by atoms with Crippen LogP contribution in [0.25, 0.3) is 0 Å². The van der Waals surface area contributed by atoms with E-state index in [4.69, 9.17) is 0 Å². The van der Waals surface area contributed by atoms with Crippen molar-refractivity contribution in [3.63, 3.8) is 0 Å². The van der Waals surface area contributed by atoms with Crippen molar-refractivity contribution in [2.75, 3.05) is 7.11 Å². The maximum absolute atomic E-state index is 10.9. The molecule has 0 aromatic rings. The summed E-state index contributed by atoms with van der Waals surface area (Å²) in [4.78, 5) is 21.7. The number of nitrogens with one attached hydrogen (secondary N) is 1. The molecule has 1 N–H and O–H groups in total. The highest BCUT2D eigenvalue weighted by Crippen LogP contribution is 2.11. The largest absolute Gasteiger partial charge is 0.469 e. The Morgan fingerprint density at radius 2 is 2.50 bits per heavy atom. The molecule has 0 saturated carbocycles.